The summed E-state index contributed by atoms with van der Waals surface area (Å²) in [4.78, 5) is 12.2. The molecule has 0 aromatic heterocycles. The van der Waals surface area contributed by atoms with Gasteiger partial charge in [0.1, 0.15) is 11.5 Å². The Balaban J connectivity index is 1.52. The molecule has 3 aromatic carbocycles. The third kappa shape index (κ3) is 7.08. The highest BCUT2D eigenvalue weighted by Crippen LogP contribution is 2.22. The second-order valence-corrected chi connectivity index (χ2v) is 9.59. The summed E-state index contributed by atoms with van der Waals surface area (Å²) in [6.45, 7) is 1.58. The highest BCUT2D eigenvalue weighted by atomic mass is 35.5. The van der Waals surface area contributed by atoms with Crippen LogP contribution in [0.25, 0.3) is 0 Å². The number of nitrogens with one attached hydrogen (secondary N) is 3. The van der Waals surface area contributed by atoms with Crippen LogP contribution in [0.15, 0.2) is 71.6 Å². The minimum absolute atomic E-state index is 0.0494. The Morgan fingerprint density at radius 3 is 2.26 bits per heavy atom. The number of sulfonamides is 1. The van der Waals surface area contributed by atoms with Crippen LogP contribution in [0.5, 0.6) is 11.5 Å². The summed E-state index contributed by atoms with van der Waals surface area (Å²) < 4.78 is 38.2. The third-order valence-electron chi connectivity index (χ3n) is 4.51. The predicted octanol–water partition coefficient (Wildman–Crippen LogP) is 4.35. The largest absolute Gasteiger partial charge is 0.497 e. The van der Waals surface area contributed by atoms with Gasteiger partial charge in [-0.3, -0.25) is 14.8 Å². The maximum atomic E-state index is 12.6. The van der Waals surface area contributed by atoms with E-state index >= 15 is 0 Å². The van der Waals surface area contributed by atoms with Crippen LogP contribution < -0.4 is 24.8 Å². The van der Waals surface area contributed by atoms with Gasteiger partial charge in [-0.05, 0) is 91.4 Å². The van der Waals surface area contributed by atoms with Gasteiger partial charge in [-0.2, -0.15) is 0 Å². The molecule has 0 aliphatic heterocycles. The second kappa shape index (κ2) is 11.2. The van der Waals surface area contributed by atoms with Gasteiger partial charge in [0, 0.05) is 16.4 Å². The molecule has 0 atom stereocenters. The van der Waals surface area contributed by atoms with Crippen LogP contribution in [0, 0.1) is 6.92 Å². The molecule has 0 heterocycles. The van der Waals surface area contributed by atoms with E-state index in [4.69, 9.17) is 33.3 Å². The number of rotatable bonds is 8. The molecule has 0 saturated heterocycles. The SMILES string of the molecule is COc1ccc(NS(=O)(=O)c2ccc(NC(=S)NC(=O)COc3ccc(Cl)cc3C)cc2)cc1. The summed E-state index contributed by atoms with van der Waals surface area (Å²) in [5, 5.41) is 5.96. The van der Waals surface area contributed by atoms with Crippen LogP contribution in [-0.4, -0.2) is 33.2 Å². The zero-order valence-electron chi connectivity index (χ0n) is 18.3. The molecule has 3 aromatic rings. The highest BCUT2D eigenvalue weighted by molar-refractivity contribution is 7.92. The standard InChI is InChI=1S/C23H22ClN3O5S2/c1-15-13-16(24)3-12-21(15)32-14-22(28)26-23(33)25-17-6-10-20(11-7-17)34(29,30)27-18-4-8-19(31-2)9-5-18/h3-13,27H,14H2,1-2H3,(H2,25,26,28,33). The van der Waals surface area contributed by atoms with E-state index in [9.17, 15) is 13.2 Å². The van der Waals surface area contributed by atoms with Crippen molar-refractivity contribution < 1.29 is 22.7 Å². The Labute approximate surface area is 208 Å². The molecule has 0 unspecified atom stereocenters. The minimum Gasteiger partial charge on any atom is -0.497 e. The first-order valence-corrected chi connectivity index (χ1v) is 12.2. The average Bonchev–Trinajstić information content (AvgIpc) is 2.79. The summed E-state index contributed by atoms with van der Waals surface area (Å²) in [5.74, 6) is 0.710. The van der Waals surface area contributed by atoms with Crippen LogP contribution in [-0.2, 0) is 14.8 Å². The number of hydrogen-bond acceptors (Lipinski definition) is 6. The molecule has 11 heteroatoms. The summed E-state index contributed by atoms with van der Waals surface area (Å²) in [6.07, 6.45) is 0. The quantitative estimate of drug-likeness (QED) is 0.380. The van der Waals surface area contributed by atoms with Crippen molar-refractivity contribution in [1.82, 2.24) is 5.32 Å². The van der Waals surface area contributed by atoms with Gasteiger partial charge in [-0.1, -0.05) is 11.6 Å². The molecule has 178 valence electrons. The van der Waals surface area contributed by atoms with E-state index in [0.29, 0.717) is 27.9 Å². The Bertz CT molecular complexity index is 1280. The summed E-state index contributed by atoms with van der Waals surface area (Å²) in [5.41, 5.74) is 1.71. The summed E-state index contributed by atoms with van der Waals surface area (Å²) in [7, 11) is -2.25. The monoisotopic (exact) mass is 519 g/mol. The lowest BCUT2D eigenvalue weighted by Gasteiger charge is -2.12. The summed E-state index contributed by atoms with van der Waals surface area (Å²) >= 11 is 11.0. The Morgan fingerprint density at radius 2 is 1.65 bits per heavy atom. The number of hydrogen-bond donors (Lipinski definition) is 3. The van der Waals surface area contributed by atoms with Crippen LogP contribution in [0.3, 0.4) is 0 Å². The fourth-order valence-corrected chi connectivity index (χ4v) is 4.35. The third-order valence-corrected chi connectivity index (χ3v) is 6.35. The van der Waals surface area contributed by atoms with Gasteiger partial charge in [0.2, 0.25) is 0 Å². The number of aryl methyl sites for hydroxylation is 1. The van der Waals surface area contributed by atoms with Crippen LogP contribution in [0.2, 0.25) is 5.02 Å². The number of anilines is 2. The molecule has 0 aliphatic rings. The fraction of sp³-hybridized carbons (Fsp3) is 0.130. The number of ether oxygens (including phenoxy) is 2. The molecule has 34 heavy (non-hydrogen) atoms. The van der Waals surface area contributed by atoms with Crippen molar-refractivity contribution >= 4 is 56.2 Å². The zero-order valence-corrected chi connectivity index (χ0v) is 20.7. The first kappa shape index (κ1) is 25.3. The number of benzene rings is 3. The van der Waals surface area contributed by atoms with Gasteiger partial charge < -0.3 is 14.8 Å². The van der Waals surface area contributed by atoms with Crippen molar-refractivity contribution in [3.63, 3.8) is 0 Å². The molecular formula is C23H22ClN3O5S2. The molecule has 3 N–H and O–H groups in total. The molecule has 0 radical (unpaired) electrons. The lowest BCUT2D eigenvalue weighted by molar-refractivity contribution is -0.121. The Kier molecular flexibility index (Phi) is 8.32. The number of carbonyl (C=O) groups is 1. The molecule has 0 aliphatic carbocycles. The van der Waals surface area contributed by atoms with E-state index in [0.717, 1.165) is 5.56 Å². The number of thiocarbonyl (C=S) groups is 1. The van der Waals surface area contributed by atoms with E-state index in [1.54, 1.807) is 42.5 Å². The lowest BCUT2D eigenvalue weighted by Crippen LogP contribution is -2.37. The zero-order chi connectivity index (χ0) is 24.7. The maximum Gasteiger partial charge on any atom is 0.264 e. The van der Waals surface area contributed by atoms with Crippen molar-refractivity contribution in [3.05, 3.63) is 77.3 Å². The maximum absolute atomic E-state index is 12.6. The van der Waals surface area contributed by atoms with E-state index in [1.165, 1.54) is 31.4 Å². The smallest absolute Gasteiger partial charge is 0.264 e. The molecule has 0 bridgehead atoms. The first-order chi connectivity index (χ1) is 16.2. The Hall–Kier alpha value is -3.34. The van der Waals surface area contributed by atoms with Crippen molar-refractivity contribution in [2.45, 2.75) is 11.8 Å². The van der Waals surface area contributed by atoms with Crippen molar-refractivity contribution in [3.8, 4) is 11.5 Å². The topological polar surface area (TPSA) is 106 Å². The second-order valence-electron chi connectivity index (χ2n) is 7.06. The van der Waals surface area contributed by atoms with Crippen LogP contribution in [0.1, 0.15) is 5.56 Å². The predicted molar refractivity (Wildman–Crippen MR) is 136 cm³/mol. The van der Waals surface area contributed by atoms with Gasteiger partial charge in [0.05, 0.1) is 12.0 Å². The molecule has 0 saturated carbocycles. The van der Waals surface area contributed by atoms with Crippen molar-refractivity contribution in [2.75, 3.05) is 23.8 Å². The Morgan fingerprint density at radius 1 is 1.00 bits per heavy atom. The molecule has 0 spiro atoms. The van der Waals surface area contributed by atoms with Gasteiger partial charge in [0.15, 0.2) is 11.7 Å². The van der Waals surface area contributed by atoms with Crippen LogP contribution >= 0.6 is 23.8 Å². The molecular weight excluding hydrogens is 498 g/mol. The van der Waals surface area contributed by atoms with Gasteiger partial charge in [-0.15, -0.1) is 0 Å². The fourth-order valence-electron chi connectivity index (χ4n) is 2.83. The number of methoxy groups -OCH3 is 1. The first-order valence-electron chi connectivity index (χ1n) is 9.93. The van der Waals surface area contributed by atoms with E-state index in [1.807, 2.05) is 6.92 Å². The van der Waals surface area contributed by atoms with E-state index in [2.05, 4.69) is 15.4 Å². The molecule has 1 amide bonds. The molecule has 0 fully saturated rings. The van der Waals surface area contributed by atoms with Gasteiger partial charge in [-0.25, -0.2) is 8.42 Å². The van der Waals surface area contributed by atoms with E-state index in [-0.39, 0.29) is 16.6 Å². The number of amides is 1. The lowest BCUT2D eigenvalue weighted by atomic mass is 10.2. The van der Waals surface area contributed by atoms with Crippen molar-refractivity contribution in [1.29, 1.82) is 0 Å². The number of halogens is 1. The normalized spacial score (nSPS) is 10.8. The molecule has 3 rings (SSSR count). The van der Waals surface area contributed by atoms with Gasteiger partial charge >= 0.3 is 0 Å². The van der Waals surface area contributed by atoms with E-state index < -0.39 is 15.9 Å². The van der Waals surface area contributed by atoms with Gasteiger partial charge in [0.25, 0.3) is 15.9 Å². The summed E-state index contributed by atoms with van der Waals surface area (Å²) in [6, 6.07) is 17.5. The minimum atomic E-state index is -3.78. The highest BCUT2D eigenvalue weighted by Gasteiger charge is 2.14. The average molecular weight is 520 g/mol. The number of carbonyl (C=O) groups excluding carboxylic acids is 1. The molecule has 8 nitrogen and oxygen atoms in total. The van der Waals surface area contributed by atoms with Crippen molar-refractivity contribution in [2.24, 2.45) is 0 Å². The van der Waals surface area contributed by atoms with Crippen LogP contribution in [0.4, 0.5) is 11.4 Å².